The van der Waals surface area contributed by atoms with Crippen LogP contribution in [0.2, 0.25) is 0 Å². The average Bonchev–Trinajstić information content (AvgIpc) is 2.50. The number of halogens is 1. The lowest BCUT2D eigenvalue weighted by molar-refractivity contribution is -0.117. The van der Waals surface area contributed by atoms with Gasteiger partial charge in [-0.3, -0.25) is 4.79 Å². The fourth-order valence-corrected chi connectivity index (χ4v) is 2.65. The first-order chi connectivity index (χ1) is 7.43. The first-order valence-corrected chi connectivity index (χ1v) is 7.14. The normalized spacial score (nSPS) is 19.4. The monoisotopic (exact) mass is 259 g/mol. The van der Waals surface area contributed by atoms with Crippen LogP contribution in [0.4, 0.5) is 5.69 Å². The van der Waals surface area contributed by atoms with E-state index in [-0.39, 0.29) is 16.7 Å². The summed E-state index contributed by atoms with van der Waals surface area (Å²) >= 11 is 0. The van der Waals surface area contributed by atoms with Crippen molar-refractivity contribution in [2.24, 2.45) is 0 Å². The van der Waals surface area contributed by atoms with Crippen molar-refractivity contribution in [2.45, 2.75) is 24.2 Å². The average molecular weight is 260 g/mol. The number of hydrogen-bond donors (Lipinski definition) is 1. The number of fused-ring (bicyclic) bond motifs is 1. The summed E-state index contributed by atoms with van der Waals surface area (Å²) in [6, 6.07) is 4.42. The highest BCUT2D eigenvalue weighted by Crippen LogP contribution is 2.36. The summed E-state index contributed by atoms with van der Waals surface area (Å²) < 4.78 is 22.3. The van der Waals surface area contributed by atoms with E-state index < -0.39 is 9.05 Å². The third-order valence-corrected chi connectivity index (χ3v) is 4.01. The minimum absolute atomic E-state index is 0.0304. The molecule has 1 aliphatic rings. The molecule has 6 heteroatoms. The number of hydrogen-bond acceptors (Lipinski definition) is 3. The number of rotatable bonds is 2. The highest BCUT2D eigenvalue weighted by Gasteiger charge is 2.30. The summed E-state index contributed by atoms with van der Waals surface area (Å²) in [4.78, 5) is 11.6. The maximum Gasteiger partial charge on any atom is 0.261 e. The minimum Gasteiger partial charge on any atom is -0.325 e. The third-order valence-electron chi connectivity index (χ3n) is 2.66. The summed E-state index contributed by atoms with van der Waals surface area (Å²) in [6.07, 6.45) is 0.630. The van der Waals surface area contributed by atoms with Crippen molar-refractivity contribution in [3.63, 3.8) is 0 Å². The Morgan fingerprint density at radius 1 is 1.44 bits per heavy atom. The zero-order valence-corrected chi connectivity index (χ0v) is 10.1. The molecule has 0 saturated heterocycles. The fraction of sp³-hybridized carbons (Fsp3) is 0.300. The highest BCUT2D eigenvalue weighted by atomic mass is 35.7. The Morgan fingerprint density at radius 3 is 2.69 bits per heavy atom. The molecule has 0 fully saturated rings. The van der Waals surface area contributed by atoms with Crippen molar-refractivity contribution in [1.82, 2.24) is 0 Å². The SMILES string of the molecule is CC[C@@H]1C(=O)Nc2ccc(S(=O)(=O)Cl)cc21. The fourth-order valence-electron chi connectivity index (χ4n) is 1.86. The molecule has 1 atom stereocenters. The molecular weight excluding hydrogens is 250 g/mol. The van der Waals surface area contributed by atoms with Gasteiger partial charge in [-0.1, -0.05) is 6.92 Å². The van der Waals surface area contributed by atoms with Crippen molar-refractivity contribution in [3.05, 3.63) is 23.8 Å². The van der Waals surface area contributed by atoms with E-state index in [9.17, 15) is 13.2 Å². The van der Waals surface area contributed by atoms with Crippen LogP contribution in [0.25, 0.3) is 0 Å². The lowest BCUT2D eigenvalue weighted by Crippen LogP contribution is -2.10. The summed E-state index contributed by atoms with van der Waals surface area (Å²) in [5.74, 6) is -0.380. The molecule has 1 amide bonds. The summed E-state index contributed by atoms with van der Waals surface area (Å²) in [7, 11) is 1.51. The van der Waals surface area contributed by atoms with Crippen LogP contribution < -0.4 is 5.32 Å². The van der Waals surface area contributed by atoms with Crippen molar-refractivity contribution in [1.29, 1.82) is 0 Å². The molecule has 1 heterocycles. The molecule has 0 spiro atoms. The number of benzene rings is 1. The van der Waals surface area contributed by atoms with Crippen LogP contribution in [0.5, 0.6) is 0 Å². The van der Waals surface area contributed by atoms with Crippen molar-refractivity contribution >= 4 is 31.3 Å². The molecule has 0 radical (unpaired) electrons. The summed E-state index contributed by atoms with van der Waals surface area (Å²) in [5.41, 5.74) is 1.37. The van der Waals surface area contributed by atoms with E-state index in [2.05, 4.69) is 5.32 Å². The maximum absolute atomic E-state index is 11.5. The first kappa shape index (κ1) is 11.4. The lowest BCUT2D eigenvalue weighted by Gasteiger charge is -2.05. The lowest BCUT2D eigenvalue weighted by atomic mass is 9.98. The van der Waals surface area contributed by atoms with Crippen LogP contribution in [0, 0.1) is 0 Å². The first-order valence-electron chi connectivity index (χ1n) is 4.83. The predicted octanol–water partition coefficient (Wildman–Crippen LogP) is 2.06. The van der Waals surface area contributed by atoms with E-state index in [0.29, 0.717) is 17.7 Å². The Balaban J connectivity index is 2.56. The molecule has 4 nitrogen and oxygen atoms in total. The van der Waals surface area contributed by atoms with Crippen molar-refractivity contribution < 1.29 is 13.2 Å². The van der Waals surface area contributed by atoms with E-state index in [1.807, 2.05) is 6.92 Å². The molecule has 1 aliphatic heterocycles. The quantitative estimate of drug-likeness (QED) is 0.827. The second-order valence-electron chi connectivity index (χ2n) is 3.64. The Hall–Kier alpha value is -1.07. The Bertz CT molecular complexity index is 553. The number of nitrogens with one attached hydrogen (secondary N) is 1. The number of amides is 1. The molecule has 1 aromatic rings. The minimum atomic E-state index is -3.74. The Labute approximate surface area is 98.0 Å². The van der Waals surface area contributed by atoms with Gasteiger partial charge < -0.3 is 5.32 Å². The molecule has 1 aromatic carbocycles. The van der Waals surface area contributed by atoms with Crippen molar-refractivity contribution in [3.8, 4) is 0 Å². The van der Waals surface area contributed by atoms with E-state index in [4.69, 9.17) is 10.7 Å². The van der Waals surface area contributed by atoms with Gasteiger partial charge in [0.05, 0.1) is 10.8 Å². The van der Waals surface area contributed by atoms with E-state index >= 15 is 0 Å². The zero-order chi connectivity index (χ0) is 11.9. The van der Waals surface area contributed by atoms with E-state index in [1.165, 1.54) is 12.1 Å². The highest BCUT2D eigenvalue weighted by molar-refractivity contribution is 8.13. The van der Waals surface area contributed by atoms with Gasteiger partial charge in [0.25, 0.3) is 9.05 Å². The smallest absolute Gasteiger partial charge is 0.261 e. The van der Waals surface area contributed by atoms with E-state index in [1.54, 1.807) is 6.07 Å². The van der Waals surface area contributed by atoms with Crippen LogP contribution >= 0.6 is 10.7 Å². The van der Waals surface area contributed by atoms with Gasteiger partial charge in [0.1, 0.15) is 0 Å². The molecule has 0 aliphatic carbocycles. The largest absolute Gasteiger partial charge is 0.325 e. The zero-order valence-electron chi connectivity index (χ0n) is 8.53. The van der Waals surface area contributed by atoms with Crippen LogP contribution in [-0.4, -0.2) is 14.3 Å². The molecule has 0 unspecified atom stereocenters. The maximum atomic E-state index is 11.5. The standard InChI is InChI=1S/C10H10ClNO3S/c1-2-7-8-5-6(16(11,14)15)3-4-9(8)12-10(7)13/h3-5,7H,2H2,1H3,(H,12,13)/t7-/m0/s1. The Kier molecular flexibility index (Phi) is 2.67. The van der Waals surface area contributed by atoms with Gasteiger partial charge in [0, 0.05) is 16.4 Å². The molecule has 0 aromatic heterocycles. The molecule has 0 bridgehead atoms. The summed E-state index contributed by atoms with van der Waals surface area (Å²) in [6.45, 7) is 1.88. The van der Waals surface area contributed by atoms with E-state index in [0.717, 1.165) is 0 Å². The van der Waals surface area contributed by atoms with Gasteiger partial charge in [-0.05, 0) is 30.2 Å². The van der Waals surface area contributed by atoms with Gasteiger partial charge in [-0.2, -0.15) is 0 Å². The van der Waals surface area contributed by atoms with Crippen LogP contribution in [0.1, 0.15) is 24.8 Å². The predicted molar refractivity (Wildman–Crippen MR) is 61.1 cm³/mol. The van der Waals surface area contributed by atoms with Crippen LogP contribution in [0.15, 0.2) is 23.1 Å². The van der Waals surface area contributed by atoms with Gasteiger partial charge in [0.15, 0.2) is 0 Å². The van der Waals surface area contributed by atoms with Gasteiger partial charge in [-0.25, -0.2) is 8.42 Å². The third kappa shape index (κ3) is 1.81. The van der Waals surface area contributed by atoms with Crippen molar-refractivity contribution in [2.75, 3.05) is 5.32 Å². The number of anilines is 1. The molecule has 86 valence electrons. The molecule has 2 rings (SSSR count). The number of carbonyl (C=O) groups excluding carboxylic acids is 1. The van der Waals surface area contributed by atoms with Crippen LogP contribution in [-0.2, 0) is 13.8 Å². The molecule has 1 N–H and O–H groups in total. The van der Waals surface area contributed by atoms with Crippen LogP contribution in [0.3, 0.4) is 0 Å². The number of carbonyl (C=O) groups is 1. The van der Waals surface area contributed by atoms with Gasteiger partial charge in [-0.15, -0.1) is 0 Å². The topological polar surface area (TPSA) is 63.2 Å². The van der Waals surface area contributed by atoms with Gasteiger partial charge in [0.2, 0.25) is 5.91 Å². The molecule has 0 saturated carbocycles. The second-order valence-corrected chi connectivity index (χ2v) is 6.20. The second kappa shape index (κ2) is 3.75. The Morgan fingerprint density at radius 2 is 2.12 bits per heavy atom. The molecule has 16 heavy (non-hydrogen) atoms. The molecular formula is C10H10ClNO3S. The van der Waals surface area contributed by atoms with Gasteiger partial charge >= 0.3 is 0 Å². The summed E-state index contributed by atoms with van der Waals surface area (Å²) in [5, 5.41) is 2.70.